The van der Waals surface area contributed by atoms with Gasteiger partial charge in [-0.05, 0) is 12.1 Å². The maximum absolute atomic E-state index is 12.4. The van der Waals surface area contributed by atoms with Gasteiger partial charge in [-0.2, -0.15) is 5.10 Å². The fraction of sp³-hybridized carbons (Fsp3) is 0.231. The number of methoxy groups -OCH3 is 2. The highest BCUT2D eigenvalue weighted by atomic mass is 16.5. The van der Waals surface area contributed by atoms with E-state index < -0.39 is 0 Å². The van der Waals surface area contributed by atoms with Crippen molar-refractivity contribution in [2.45, 2.75) is 0 Å². The van der Waals surface area contributed by atoms with E-state index in [4.69, 9.17) is 15.2 Å². The summed E-state index contributed by atoms with van der Waals surface area (Å²) in [4.78, 5) is 12.4. The molecule has 1 aromatic heterocycles. The minimum absolute atomic E-state index is 0.231. The quantitative estimate of drug-likeness (QED) is 0.838. The maximum atomic E-state index is 12.4. The van der Waals surface area contributed by atoms with Crippen LogP contribution >= 0.6 is 0 Å². The fourth-order valence-corrected chi connectivity index (χ4v) is 1.75. The van der Waals surface area contributed by atoms with Crippen LogP contribution in [0.3, 0.4) is 0 Å². The zero-order valence-electron chi connectivity index (χ0n) is 11.0. The molecule has 2 N–H and O–H groups in total. The molecule has 6 nitrogen and oxygen atoms in total. The van der Waals surface area contributed by atoms with Crippen LogP contribution in [0.15, 0.2) is 24.4 Å². The summed E-state index contributed by atoms with van der Waals surface area (Å²) in [6.45, 7) is 0. The highest BCUT2D eigenvalue weighted by Crippen LogP contribution is 2.27. The van der Waals surface area contributed by atoms with Crippen LogP contribution in [0.4, 0.5) is 5.82 Å². The monoisotopic (exact) mass is 261 g/mol. The van der Waals surface area contributed by atoms with Crippen molar-refractivity contribution in [3.8, 4) is 11.5 Å². The van der Waals surface area contributed by atoms with Crippen LogP contribution in [0.1, 0.15) is 15.9 Å². The topological polar surface area (TPSA) is 79.4 Å². The SMILES string of the molecule is COc1ccc(C(=O)c2cnn(C)c2N)c(OC)c1. The van der Waals surface area contributed by atoms with Crippen molar-refractivity contribution in [1.82, 2.24) is 9.78 Å². The molecule has 19 heavy (non-hydrogen) atoms. The predicted octanol–water partition coefficient (Wildman–Crippen LogP) is 1.25. The summed E-state index contributed by atoms with van der Waals surface area (Å²) in [5.74, 6) is 1.15. The lowest BCUT2D eigenvalue weighted by Crippen LogP contribution is -2.07. The summed E-state index contributed by atoms with van der Waals surface area (Å²) in [7, 11) is 4.73. The van der Waals surface area contributed by atoms with E-state index in [1.165, 1.54) is 18.0 Å². The van der Waals surface area contributed by atoms with Crippen LogP contribution in [-0.4, -0.2) is 29.8 Å². The standard InChI is InChI=1S/C13H15N3O3/c1-16-13(14)10(7-15-16)12(17)9-5-4-8(18-2)6-11(9)19-3/h4-7H,14H2,1-3H3. The van der Waals surface area contributed by atoms with Crippen molar-refractivity contribution in [3.05, 3.63) is 35.5 Å². The summed E-state index contributed by atoms with van der Waals surface area (Å²) < 4.78 is 11.7. The van der Waals surface area contributed by atoms with Crippen LogP contribution in [0.5, 0.6) is 11.5 Å². The molecule has 1 heterocycles. The van der Waals surface area contributed by atoms with E-state index >= 15 is 0 Å². The number of nitrogens with two attached hydrogens (primary N) is 1. The first kappa shape index (κ1) is 12.9. The Morgan fingerprint density at radius 1 is 1.26 bits per heavy atom. The van der Waals surface area contributed by atoms with E-state index in [0.717, 1.165) is 0 Å². The first-order chi connectivity index (χ1) is 9.08. The molecule has 0 saturated carbocycles. The van der Waals surface area contributed by atoms with Crippen molar-refractivity contribution in [2.75, 3.05) is 20.0 Å². The molecule has 0 aliphatic heterocycles. The highest BCUT2D eigenvalue weighted by Gasteiger charge is 2.19. The number of hydrogen-bond acceptors (Lipinski definition) is 5. The molecule has 2 aromatic rings. The second-order valence-corrected chi connectivity index (χ2v) is 3.96. The summed E-state index contributed by atoms with van der Waals surface area (Å²) in [5.41, 5.74) is 6.57. The molecule has 0 radical (unpaired) electrons. The number of aromatic nitrogens is 2. The minimum atomic E-state index is -0.231. The molecule has 100 valence electrons. The van der Waals surface area contributed by atoms with Crippen LogP contribution < -0.4 is 15.2 Å². The molecule has 0 bridgehead atoms. The first-order valence-electron chi connectivity index (χ1n) is 5.62. The number of nitrogens with zero attached hydrogens (tertiary/aromatic N) is 2. The second-order valence-electron chi connectivity index (χ2n) is 3.96. The van der Waals surface area contributed by atoms with E-state index in [9.17, 15) is 4.79 Å². The summed E-state index contributed by atoms with van der Waals surface area (Å²) in [6.07, 6.45) is 1.45. The zero-order chi connectivity index (χ0) is 14.0. The molecule has 0 aliphatic carbocycles. The Labute approximate surface area is 110 Å². The minimum Gasteiger partial charge on any atom is -0.497 e. The van der Waals surface area contributed by atoms with Crippen molar-refractivity contribution in [2.24, 2.45) is 7.05 Å². The van der Waals surface area contributed by atoms with Gasteiger partial charge in [0.1, 0.15) is 17.3 Å². The molecule has 0 amide bonds. The zero-order valence-corrected chi connectivity index (χ0v) is 11.0. The van der Waals surface area contributed by atoms with Gasteiger partial charge in [-0.15, -0.1) is 0 Å². The number of ether oxygens (including phenoxy) is 2. The van der Waals surface area contributed by atoms with E-state index in [1.807, 2.05) is 0 Å². The Balaban J connectivity index is 2.47. The summed E-state index contributed by atoms with van der Waals surface area (Å²) in [6, 6.07) is 4.99. The summed E-state index contributed by atoms with van der Waals surface area (Å²) >= 11 is 0. The van der Waals surface area contributed by atoms with E-state index in [-0.39, 0.29) is 5.78 Å². The van der Waals surface area contributed by atoms with Gasteiger partial charge >= 0.3 is 0 Å². The molecule has 0 fully saturated rings. The first-order valence-corrected chi connectivity index (χ1v) is 5.62. The van der Waals surface area contributed by atoms with Gasteiger partial charge in [-0.1, -0.05) is 0 Å². The lowest BCUT2D eigenvalue weighted by molar-refractivity contribution is 0.103. The van der Waals surface area contributed by atoms with Gasteiger partial charge in [-0.25, -0.2) is 0 Å². The molecule has 2 rings (SSSR count). The number of hydrogen-bond donors (Lipinski definition) is 1. The third kappa shape index (κ3) is 2.24. The normalized spacial score (nSPS) is 10.3. The molecule has 0 unspecified atom stereocenters. The van der Waals surface area contributed by atoms with Gasteiger partial charge in [0.15, 0.2) is 0 Å². The molecule has 1 aromatic carbocycles. The lowest BCUT2D eigenvalue weighted by Gasteiger charge is -2.09. The van der Waals surface area contributed by atoms with Gasteiger partial charge in [0.25, 0.3) is 0 Å². The molecule has 0 aliphatic rings. The van der Waals surface area contributed by atoms with Gasteiger partial charge in [-0.3, -0.25) is 9.48 Å². The van der Waals surface area contributed by atoms with Crippen LogP contribution in [0, 0.1) is 0 Å². The number of carbonyl (C=O) groups is 1. The number of benzene rings is 1. The van der Waals surface area contributed by atoms with Gasteiger partial charge in [0.05, 0.1) is 31.5 Å². The Hall–Kier alpha value is -2.50. The van der Waals surface area contributed by atoms with Crippen LogP contribution in [-0.2, 0) is 7.05 Å². The highest BCUT2D eigenvalue weighted by molar-refractivity contribution is 6.13. The smallest absolute Gasteiger partial charge is 0.202 e. The predicted molar refractivity (Wildman–Crippen MR) is 70.6 cm³/mol. The molecular weight excluding hydrogens is 246 g/mol. The van der Waals surface area contributed by atoms with Crippen molar-refractivity contribution < 1.29 is 14.3 Å². The number of rotatable bonds is 4. The second kappa shape index (κ2) is 5.01. The Kier molecular flexibility index (Phi) is 3.41. The van der Waals surface area contributed by atoms with Gasteiger partial charge in [0, 0.05) is 13.1 Å². The van der Waals surface area contributed by atoms with E-state index in [2.05, 4.69) is 5.10 Å². The molecule has 0 atom stereocenters. The van der Waals surface area contributed by atoms with Gasteiger partial charge in [0.2, 0.25) is 5.78 Å². The Morgan fingerprint density at radius 3 is 2.53 bits per heavy atom. The number of nitrogen functional groups attached to an aromatic ring is 1. The third-order valence-corrected chi connectivity index (χ3v) is 2.88. The average molecular weight is 261 g/mol. The van der Waals surface area contributed by atoms with Gasteiger partial charge < -0.3 is 15.2 Å². The fourth-order valence-electron chi connectivity index (χ4n) is 1.75. The molecule has 0 saturated heterocycles. The van der Waals surface area contributed by atoms with Crippen molar-refractivity contribution >= 4 is 11.6 Å². The van der Waals surface area contributed by atoms with E-state index in [0.29, 0.717) is 28.4 Å². The maximum Gasteiger partial charge on any atom is 0.202 e. The number of carbonyl (C=O) groups excluding carboxylic acids is 1. The molecular formula is C13H15N3O3. The van der Waals surface area contributed by atoms with Crippen LogP contribution in [0.25, 0.3) is 0 Å². The van der Waals surface area contributed by atoms with Crippen LogP contribution in [0.2, 0.25) is 0 Å². The average Bonchev–Trinajstić information content (AvgIpc) is 2.77. The molecule has 0 spiro atoms. The largest absolute Gasteiger partial charge is 0.497 e. The van der Waals surface area contributed by atoms with E-state index in [1.54, 1.807) is 32.4 Å². The number of aryl methyl sites for hydroxylation is 1. The summed E-state index contributed by atoms with van der Waals surface area (Å²) in [5, 5.41) is 3.96. The van der Waals surface area contributed by atoms with Crippen molar-refractivity contribution in [3.63, 3.8) is 0 Å². The molecule has 6 heteroatoms. The Bertz CT molecular complexity index is 620. The third-order valence-electron chi connectivity index (χ3n) is 2.88. The number of ketones is 1. The Morgan fingerprint density at radius 2 is 2.00 bits per heavy atom. The lowest BCUT2D eigenvalue weighted by atomic mass is 10.0. The van der Waals surface area contributed by atoms with Crippen molar-refractivity contribution in [1.29, 1.82) is 0 Å². The number of anilines is 1.